The van der Waals surface area contributed by atoms with E-state index in [0.717, 1.165) is 10.5 Å². The average molecular weight is 208 g/mol. The van der Waals surface area contributed by atoms with Crippen molar-refractivity contribution in [3.63, 3.8) is 0 Å². The van der Waals surface area contributed by atoms with Gasteiger partial charge < -0.3 is 4.12 Å². The van der Waals surface area contributed by atoms with E-state index in [-0.39, 0.29) is 0 Å². The Balaban J connectivity index is 2.69. The highest BCUT2D eigenvalue weighted by atomic mass is 28.4. The summed E-state index contributed by atoms with van der Waals surface area (Å²) in [4.78, 5) is 0. The maximum absolute atomic E-state index is 5.55. The normalized spacial score (nSPS) is 12.5. The highest BCUT2D eigenvalue weighted by Gasteiger charge is 2.14. The van der Waals surface area contributed by atoms with E-state index in [4.69, 9.17) is 4.12 Å². The van der Waals surface area contributed by atoms with Crippen molar-refractivity contribution in [1.82, 2.24) is 0 Å². The third-order valence-electron chi connectivity index (χ3n) is 2.00. The van der Waals surface area contributed by atoms with Gasteiger partial charge in [-0.25, -0.2) is 0 Å². The van der Waals surface area contributed by atoms with E-state index >= 15 is 0 Å². The summed E-state index contributed by atoms with van der Waals surface area (Å²) in [6.07, 6.45) is 2.16. The van der Waals surface area contributed by atoms with Gasteiger partial charge in [-0.1, -0.05) is 42.1 Å². The number of rotatable bonds is 3. The monoisotopic (exact) mass is 208 g/mol. The second-order valence-corrected chi connectivity index (χ2v) is 8.72. The van der Waals surface area contributed by atoms with Gasteiger partial charge in [-0.3, -0.25) is 0 Å². The van der Waals surface area contributed by atoms with Crippen LogP contribution in [-0.2, 0) is 4.12 Å². The molecule has 0 aliphatic rings. The Kier molecular flexibility index (Phi) is 3.65. The summed E-state index contributed by atoms with van der Waals surface area (Å²) in [6, 6.07) is 10.3. The fourth-order valence-electron chi connectivity index (χ4n) is 0.929. The Morgan fingerprint density at radius 2 is 1.85 bits per heavy atom. The fraction of sp³-hybridized carbons (Fsp3) is 0.200. The van der Waals surface area contributed by atoms with E-state index in [1.54, 1.807) is 0 Å². The second-order valence-electron chi connectivity index (χ2n) is 3.55. The summed E-state index contributed by atoms with van der Waals surface area (Å²) in [5.74, 6) is 0. The van der Waals surface area contributed by atoms with Gasteiger partial charge in [-0.15, -0.1) is 0 Å². The topological polar surface area (TPSA) is 9.23 Å². The minimum absolute atomic E-state index is 0.834. The van der Waals surface area contributed by atoms with Crippen molar-refractivity contribution in [2.45, 2.75) is 13.1 Å². The van der Waals surface area contributed by atoms with Crippen LogP contribution in [-0.4, -0.2) is 18.8 Å². The molecule has 3 heteroatoms. The van der Waals surface area contributed by atoms with E-state index in [1.807, 2.05) is 6.07 Å². The fourth-order valence-corrected chi connectivity index (χ4v) is 2.07. The van der Waals surface area contributed by atoms with Gasteiger partial charge in [0.25, 0.3) is 0 Å². The first-order valence-electron chi connectivity index (χ1n) is 4.43. The van der Waals surface area contributed by atoms with Gasteiger partial charge in [0, 0.05) is 0 Å². The first-order chi connectivity index (χ1) is 6.14. The van der Waals surface area contributed by atoms with Crippen molar-refractivity contribution in [2.75, 3.05) is 0 Å². The van der Waals surface area contributed by atoms with Crippen molar-refractivity contribution in [3.8, 4) is 0 Å². The van der Waals surface area contributed by atoms with E-state index in [2.05, 4.69) is 49.1 Å². The molecule has 0 bridgehead atoms. The van der Waals surface area contributed by atoms with E-state index < -0.39 is 8.32 Å². The summed E-state index contributed by atoms with van der Waals surface area (Å²) in [5.41, 5.74) is 3.48. The molecule has 70 valence electrons. The lowest BCUT2D eigenvalue weighted by Crippen LogP contribution is -2.26. The largest absolute Gasteiger partial charge is 0.461 e. The molecule has 0 amide bonds. The smallest absolute Gasteiger partial charge is 0.198 e. The van der Waals surface area contributed by atoms with Gasteiger partial charge in [0.2, 0.25) is 0 Å². The summed E-state index contributed by atoms with van der Waals surface area (Å²) in [6.45, 7) is 4.42. The van der Waals surface area contributed by atoms with Crippen molar-refractivity contribution in [1.29, 1.82) is 0 Å². The molecule has 0 saturated carbocycles. The standard InChI is InChI=1S/C10H16OSi2/c1-13(2,11-12)9-8-10-6-4-3-5-7-10/h3-9H,1-2,12H3. The highest BCUT2D eigenvalue weighted by Crippen LogP contribution is 2.08. The number of hydrogen-bond acceptors (Lipinski definition) is 1. The molecule has 0 aliphatic carbocycles. The maximum Gasteiger partial charge on any atom is 0.198 e. The Bertz CT molecular complexity index is 280. The predicted octanol–water partition coefficient (Wildman–Crippen LogP) is 1.74. The molecule has 13 heavy (non-hydrogen) atoms. The van der Waals surface area contributed by atoms with Crippen molar-refractivity contribution in [3.05, 3.63) is 41.6 Å². The minimum Gasteiger partial charge on any atom is -0.461 e. The summed E-state index contributed by atoms with van der Waals surface area (Å²) in [5, 5.41) is 0. The lowest BCUT2D eigenvalue weighted by atomic mass is 10.2. The van der Waals surface area contributed by atoms with E-state index in [0.29, 0.717) is 0 Å². The van der Waals surface area contributed by atoms with Crippen LogP contribution in [0.25, 0.3) is 6.08 Å². The molecule has 0 aliphatic heterocycles. The molecule has 0 saturated heterocycles. The molecule has 0 fully saturated rings. The van der Waals surface area contributed by atoms with Gasteiger partial charge in [-0.05, 0) is 18.7 Å². The zero-order valence-electron chi connectivity index (χ0n) is 8.45. The van der Waals surface area contributed by atoms with Crippen molar-refractivity contribution < 1.29 is 4.12 Å². The molecule has 0 heterocycles. The van der Waals surface area contributed by atoms with Gasteiger partial charge >= 0.3 is 0 Å². The van der Waals surface area contributed by atoms with E-state index in [1.165, 1.54) is 5.56 Å². The van der Waals surface area contributed by atoms with Crippen LogP contribution >= 0.6 is 0 Å². The Morgan fingerprint density at radius 3 is 2.38 bits per heavy atom. The van der Waals surface area contributed by atoms with Crippen LogP contribution in [0.5, 0.6) is 0 Å². The number of benzene rings is 1. The quantitative estimate of drug-likeness (QED) is 0.688. The van der Waals surface area contributed by atoms with Crippen LogP contribution in [0.2, 0.25) is 13.1 Å². The van der Waals surface area contributed by atoms with Gasteiger partial charge in [0.1, 0.15) is 10.5 Å². The van der Waals surface area contributed by atoms with Gasteiger partial charge in [-0.2, -0.15) is 0 Å². The van der Waals surface area contributed by atoms with Crippen molar-refractivity contribution in [2.24, 2.45) is 0 Å². The lowest BCUT2D eigenvalue weighted by Gasteiger charge is -2.14. The molecule has 0 aromatic heterocycles. The molecule has 0 atom stereocenters. The first kappa shape index (κ1) is 10.4. The highest BCUT2D eigenvalue weighted by molar-refractivity contribution is 6.79. The van der Waals surface area contributed by atoms with Crippen LogP contribution in [0.15, 0.2) is 36.0 Å². The van der Waals surface area contributed by atoms with Crippen LogP contribution in [0.3, 0.4) is 0 Å². The summed E-state index contributed by atoms with van der Waals surface area (Å²) in [7, 11) is -0.644. The molecular formula is C10H16OSi2. The summed E-state index contributed by atoms with van der Waals surface area (Å²) < 4.78 is 5.55. The molecule has 0 N–H and O–H groups in total. The average Bonchev–Trinajstić information content (AvgIpc) is 2.17. The van der Waals surface area contributed by atoms with Gasteiger partial charge in [0.15, 0.2) is 8.32 Å². The van der Waals surface area contributed by atoms with Crippen molar-refractivity contribution >= 4 is 24.9 Å². The Hall–Kier alpha value is -0.646. The van der Waals surface area contributed by atoms with Crippen LogP contribution in [0.4, 0.5) is 0 Å². The zero-order chi connectivity index (χ0) is 9.73. The lowest BCUT2D eigenvalue weighted by molar-refractivity contribution is 0.627. The van der Waals surface area contributed by atoms with Gasteiger partial charge in [0.05, 0.1) is 0 Å². The second kappa shape index (κ2) is 4.55. The molecule has 0 spiro atoms. The molecule has 1 aromatic carbocycles. The number of hydrogen-bond donors (Lipinski definition) is 0. The molecule has 1 nitrogen and oxygen atoms in total. The predicted molar refractivity (Wildman–Crippen MR) is 64.0 cm³/mol. The molecule has 1 rings (SSSR count). The first-order valence-corrected chi connectivity index (χ1v) is 8.24. The van der Waals surface area contributed by atoms with Crippen LogP contribution in [0, 0.1) is 0 Å². The molecule has 0 unspecified atom stereocenters. The van der Waals surface area contributed by atoms with Crippen LogP contribution < -0.4 is 0 Å². The third kappa shape index (κ3) is 3.71. The van der Waals surface area contributed by atoms with E-state index in [9.17, 15) is 0 Å². The molecule has 1 aromatic rings. The molecule has 0 radical (unpaired) electrons. The summed E-state index contributed by atoms with van der Waals surface area (Å²) >= 11 is 0. The zero-order valence-corrected chi connectivity index (χ0v) is 11.4. The van der Waals surface area contributed by atoms with Crippen LogP contribution in [0.1, 0.15) is 5.56 Å². The third-order valence-corrected chi connectivity index (χ3v) is 7.18. The Labute approximate surface area is 84.1 Å². The Morgan fingerprint density at radius 1 is 1.23 bits per heavy atom. The molecular weight excluding hydrogens is 192 g/mol. The maximum atomic E-state index is 5.55. The SMILES string of the molecule is C[Si](C)(C=Cc1ccccc1)O[SiH3]. The minimum atomic E-state index is -1.48.